The molecule has 0 amide bonds. The fourth-order valence-corrected chi connectivity index (χ4v) is 4.19. The Balaban J connectivity index is 1.67. The highest BCUT2D eigenvalue weighted by Gasteiger charge is 2.28. The summed E-state index contributed by atoms with van der Waals surface area (Å²) in [7, 11) is 0. The number of rotatable bonds is 5. The molecule has 1 aliphatic rings. The van der Waals surface area contributed by atoms with E-state index in [2.05, 4.69) is 68.8 Å². The van der Waals surface area contributed by atoms with Crippen LogP contribution in [0.2, 0.25) is 0 Å². The standard InChI is InChI=1S/C19H22N4S/c1-2-5-16(6-3-1)15-23-13-10-21-19(23)18(17-7-4-14-24-17)22-11-8-20-9-12-22/h1-7,10,13-14,18,20H,8-9,11-12,15H2. The SMILES string of the molecule is c1ccc(Cn2ccnc2C(c2cccs2)N2CCNCC2)cc1. The zero-order valence-electron chi connectivity index (χ0n) is 13.6. The van der Waals surface area contributed by atoms with E-state index in [9.17, 15) is 0 Å². The molecule has 124 valence electrons. The van der Waals surface area contributed by atoms with Crippen molar-refractivity contribution in [2.24, 2.45) is 0 Å². The molecule has 1 atom stereocenters. The first-order valence-electron chi connectivity index (χ1n) is 8.45. The number of nitrogens with one attached hydrogen (secondary N) is 1. The van der Waals surface area contributed by atoms with Crippen LogP contribution >= 0.6 is 11.3 Å². The molecule has 0 aliphatic carbocycles. The Kier molecular flexibility index (Phi) is 4.74. The Labute approximate surface area is 146 Å². The Morgan fingerprint density at radius 1 is 1.08 bits per heavy atom. The van der Waals surface area contributed by atoms with Crippen molar-refractivity contribution >= 4 is 11.3 Å². The molecule has 2 aromatic heterocycles. The first-order chi connectivity index (χ1) is 11.9. The minimum Gasteiger partial charge on any atom is -0.329 e. The van der Waals surface area contributed by atoms with Crippen LogP contribution in [0, 0.1) is 0 Å². The Morgan fingerprint density at radius 3 is 2.67 bits per heavy atom. The van der Waals surface area contributed by atoms with E-state index in [1.54, 1.807) is 0 Å². The molecule has 3 heterocycles. The first kappa shape index (κ1) is 15.6. The number of benzene rings is 1. The van der Waals surface area contributed by atoms with Crippen LogP contribution < -0.4 is 5.32 Å². The van der Waals surface area contributed by atoms with Crippen LogP contribution in [0.3, 0.4) is 0 Å². The molecule has 1 aromatic carbocycles. The number of aromatic nitrogens is 2. The van der Waals surface area contributed by atoms with Gasteiger partial charge in [0, 0.05) is 50.0 Å². The van der Waals surface area contributed by atoms with Gasteiger partial charge in [0.1, 0.15) is 11.9 Å². The maximum atomic E-state index is 4.75. The van der Waals surface area contributed by atoms with E-state index in [4.69, 9.17) is 4.98 Å². The van der Waals surface area contributed by atoms with Gasteiger partial charge in [-0.3, -0.25) is 4.90 Å². The van der Waals surface area contributed by atoms with Crippen LogP contribution in [-0.4, -0.2) is 40.6 Å². The topological polar surface area (TPSA) is 33.1 Å². The van der Waals surface area contributed by atoms with Crippen molar-refractivity contribution in [3.63, 3.8) is 0 Å². The molecule has 1 N–H and O–H groups in total. The molecule has 0 radical (unpaired) electrons. The second kappa shape index (κ2) is 7.30. The van der Waals surface area contributed by atoms with Crippen LogP contribution in [0.25, 0.3) is 0 Å². The third-order valence-corrected chi connectivity index (χ3v) is 5.44. The van der Waals surface area contributed by atoms with Gasteiger partial charge < -0.3 is 9.88 Å². The molecule has 4 rings (SSSR count). The highest BCUT2D eigenvalue weighted by molar-refractivity contribution is 7.10. The number of nitrogens with zero attached hydrogens (tertiary/aromatic N) is 3. The fraction of sp³-hybridized carbons (Fsp3) is 0.316. The van der Waals surface area contributed by atoms with Gasteiger partial charge in [0.15, 0.2) is 0 Å². The normalized spacial score (nSPS) is 17.0. The summed E-state index contributed by atoms with van der Waals surface area (Å²) in [6.07, 6.45) is 4.03. The van der Waals surface area contributed by atoms with Crippen molar-refractivity contribution in [1.29, 1.82) is 0 Å². The summed E-state index contributed by atoms with van der Waals surface area (Å²) >= 11 is 1.82. The number of thiophene rings is 1. The summed E-state index contributed by atoms with van der Waals surface area (Å²) in [5.74, 6) is 1.14. The minimum atomic E-state index is 0.241. The molecule has 5 heteroatoms. The molecule has 3 aromatic rings. The van der Waals surface area contributed by atoms with E-state index in [1.165, 1.54) is 10.4 Å². The summed E-state index contributed by atoms with van der Waals surface area (Å²) in [6, 6.07) is 15.2. The zero-order chi connectivity index (χ0) is 16.2. The van der Waals surface area contributed by atoms with Gasteiger partial charge in [0.05, 0.1) is 0 Å². The van der Waals surface area contributed by atoms with E-state index in [0.29, 0.717) is 0 Å². The van der Waals surface area contributed by atoms with Gasteiger partial charge in [-0.2, -0.15) is 0 Å². The van der Waals surface area contributed by atoms with Crippen molar-refractivity contribution in [1.82, 2.24) is 19.8 Å². The van der Waals surface area contributed by atoms with E-state index < -0.39 is 0 Å². The van der Waals surface area contributed by atoms with Gasteiger partial charge in [0.2, 0.25) is 0 Å². The molecule has 24 heavy (non-hydrogen) atoms. The van der Waals surface area contributed by atoms with Crippen LogP contribution in [0.1, 0.15) is 22.3 Å². The number of hydrogen-bond acceptors (Lipinski definition) is 4. The van der Waals surface area contributed by atoms with Crippen LogP contribution in [0.5, 0.6) is 0 Å². The quantitative estimate of drug-likeness (QED) is 0.776. The first-order valence-corrected chi connectivity index (χ1v) is 9.33. The highest BCUT2D eigenvalue weighted by Crippen LogP contribution is 2.31. The third-order valence-electron chi connectivity index (χ3n) is 4.52. The monoisotopic (exact) mass is 338 g/mol. The second-order valence-corrected chi connectivity index (χ2v) is 7.08. The summed E-state index contributed by atoms with van der Waals surface area (Å²) in [6.45, 7) is 5.06. The maximum absolute atomic E-state index is 4.75. The molecule has 1 saturated heterocycles. The Bertz CT molecular complexity index is 745. The van der Waals surface area contributed by atoms with Gasteiger partial charge in [-0.1, -0.05) is 36.4 Å². The molecule has 1 aliphatic heterocycles. The lowest BCUT2D eigenvalue weighted by molar-refractivity contribution is 0.192. The molecular weight excluding hydrogens is 316 g/mol. The average Bonchev–Trinajstić information content (AvgIpc) is 3.31. The summed E-state index contributed by atoms with van der Waals surface area (Å²) in [4.78, 5) is 8.67. The maximum Gasteiger partial charge on any atom is 0.131 e. The average molecular weight is 338 g/mol. The van der Waals surface area contributed by atoms with Gasteiger partial charge >= 0.3 is 0 Å². The highest BCUT2D eigenvalue weighted by atomic mass is 32.1. The largest absolute Gasteiger partial charge is 0.329 e. The van der Waals surface area contributed by atoms with Crippen molar-refractivity contribution in [2.45, 2.75) is 12.6 Å². The van der Waals surface area contributed by atoms with E-state index in [-0.39, 0.29) is 6.04 Å². The van der Waals surface area contributed by atoms with Gasteiger partial charge in [-0.05, 0) is 17.0 Å². The fourth-order valence-electron chi connectivity index (χ4n) is 3.34. The lowest BCUT2D eigenvalue weighted by atomic mass is 10.1. The van der Waals surface area contributed by atoms with E-state index in [0.717, 1.165) is 38.5 Å². The number of imidazole rings is 1. The second-order valence-electron chi connectivity index (χ2n) is 6.10. The van der Waals surface area contributed by atoms with E-state index >= 15 is 0 Å². The molecule has 1 unspecified atom stereocenters. The smallest absolute Gasteiger partial charge is 0.131 e. The molecule has 4 nitrogen and oxygen atoms in total. The number of piperazine rings is 1. The Morgan fingerprint density at radius 2 is 1.92 bits per heavy atom. The molecule has 0 spiro atoms. The van der Waals surface area contributed by atoms with Gasteiger partial charge in [0.25, 0.3) is 0 Å². The van der Waals surface area contributed by atoms with Crippen molar-refractivity contribution in [3.8, 4) is 0 Å². The van der Waals surface area contributed by atoms with E-state index in [1.807, 2.05) is 17.5 Å². The lowest BCUT2D eigenvalue weighted by Crippen LogP contribution is -2.45. The molecule has 1 fully saturated rings. The molecular formula is C19H22N4S. The zero-order valence-corrected chi connectivity index (χ0v) is 14.5. The summed E-state index contributed by atoms with van der Waals surface area (Å²) in [5.41, 5.74) is 1.31. The lowest BCUT2D eigenvalue weighted by Gasteiger charge is -2.34. The van der Waals surface area contributed by atoms with Crippen LogP contribution in [0.4, 0.5) is 0 Å². The van der Waals surface area contributed by atoms with Crippen molar-refractivity contribution < 1.29 is 0 Å². The summed E-state index contributed by atoms with van der Waals surface area (Å²) < 4.78 is 2.29. The minimum absolute atomic E-state index is 0.241. The van der Waals surface area contributed by atoms with Crippen LogP contribution in [0.15, 0.2) is 60.2 Å². The molecule has 0 saturated carbocycles. The van der Waals surface area contributed by atoms with Crippen LogP contribution in [-0.2, 0) is 6.54 Å². The van der Waals surface area contributed by atoms with Crippen molar-refractivity contribution in [3.05, 3.63) is 76.5 Å². The summed E-state index contributed by atoms with van der Waals surface area (Å²) in [5, 5.41) is 5.61. The van der Waals surface area contributed by atoms with Gasteiger partial charge in [-0.15, -0.1) is 11.3 Å². The Hall–Kier alpha value is -1.95. The predicted octanol–water partition coefficient (Wildman–Crippen LogP) is 2.99. The predicted molar refractivity (Wildman–Crippen MR) is 98.4 cm³/mol. The van der Waals surface area contributed by atoms with Crippen molar-refractivity contribution in [2.75, 3.05) is 26.2 Å². The third kappa shape index (κ3) is 3.29. The number of hydrogen-bond donors (Lipinski definition) is 1. The van der Waals surface area contributed by atoms with Gasteiger partial charge in [-0.25, -0.2) is 4.98 Å². The molecule has 0 bridgehead atoms.